The molecule has 1 rings (SSSR count). The first-order chi connectivity index (χ1) is 7.24. The van der Waals surface area contributed by atoms with E-state index in [0.29, 0.717) is 13.0 Å². The van der Waals surface area contributed by atoms with Crippen molar-refractivity contribution in [3.8, 4) is 0 Å². The van der Waals surface area contributed by atoms with Crippen LogP contribution in [0.25, 0.3) is 0 Å². The second kappa shape index (κ2) is 6.21. The molecule has 15 heavy (non-hydrogen) atoms. The lowest BCUT2D eigenvalue weighted by molar-refractivity contribution is -0.118. The minimum atomic E-state index is -0.484. The normalized spacial score (nSPS) is 12.4. The Kier molecular flexibility index (Phi) is 4.86. The summed E-state index contributed by atoms with van der Waals surface area (Å²) < 4.78 is 6.47. The summed E-state index contributed by atoms with van der Waals surface area (Å²) in [4.78, 5) is 11.5. The lowest BCUT2D eigenvalue weighted by Gasteiger charge is -2.12. The standard InChI is InChI=1S/C10H17N3O2/c1-15-8-4-5-9(11)10(14)12-13-6-2-3-7-13/h2-3,6-7,9H,4-5,8,11H2,1H3,(H,12,14). The van der Waals surface area contributed by atoms with E-state index < -0.39 is 6.04 Å². The van der Waals surface area contributed by atoms with Gasteiger partial charge in [-0.1, -0.05) is 0 Å². The molecular weight excluding hydrogens is 194 g/mol. The Morgan fingerprint density at radius 1 is 1.53 bits per heavy atom. The van der Waals surface area contributed by atoms with Crippen LogP contribution in [-0.2, 0) is 9.53 Å². The monoisotopic (exact) mass is 211 g/mol. The lowest BCUT2D eigenvalue weighted by atomic mass is 10.1. The summed E-state index contributed by atoms with van der Waals surface area (Å²) in [6, 6.07) is 3.18. The van der Waals surface area contributed by atoms with Crippen molar-refractivity contribution in [1.29, 1.82) is 0 Å². The molecule has 0 radical (unpaired) electrons. The summed E-state index contributed by atoms with van der Waals surface area (Å²) in [7, 11) is 1.63. The molecular formula is C10H17N3O2. The van der Waals surface area contributed by atoms with E-state index in [1.165, 1.54) is 0 Å². The fourth-order valence-electron chi connectivity index (χ4n) is 1.20. The maximum atomic E-state index is 11.5. The molecule has 1 heterocycles. The van der Waals surface area contributed by atoms with Crippen molar-refractivity contribution in [3.63, 3.8) is 0 Å². The zero-order chi connectivity index (χ0) is 11.1. The summed E-state index contributed by atoms with van der Waals surface area (Å²) in [5.41, 5.74) is 8.35. The van der Waals surface area contributed by atoms with Gasteiger partial charge in [0.25, 0.3) is 5.91 Å². The highest BCUT2D eigenvalue weighted by Crippen LogP contribution is 1.96. The maximum absolute atomic E-state index is 11.5. The molecule has 1 unspecified atom stereocenters. The van der Waals surface area contributed by atoms with Gasteiger partial charge in [0.15, 0.2) is 0 Å². The number of nitrogens with zero attached hydrogens (tertiary/aromatic N) is 1. The summed E-state index contributed by atoms with van der Waals surface area (Å²) in [6.07, 6.45) is 4.91. The molecule has 0 spiro atoms. The number of hydrogen-bond donors (Lipinski definition) is 2. The molecule has 0 aliphatic heterocycles. The van der Waals surface area contributed by atoms with Crippen LogP contribution in [0.2, 0.25) is 0 Å². The molecule has 0 aromatic carbocycles. The van der Waals surface area contributed by atoms with Crippen LogP contribution >= 0.6 is 0 Å². The zero-order valence-corrected chi connectivity index (χ0v) is 8.85. The van der Waals surface area contributed by atoms with Gasteiger partial charge in [-0.15, -0.1) is 0 Å². The van der Waals surface area contributed by atoms with Crippen molar-refractivity contribution in [2.75, 3.05) is 19.1 Å². The van der Waals surface area contributed by atoms with Crippen LogP contribution in [0.5, 0.6) is 0 Å². The molecule has 0 bridgehead atoms. The SMILES string of the molecule is COCCCC(N)C(=O)Nn1cccc1. The fraction of sp³-hybridized carbons (Fsp3) is 0.500. The molecule has 1 atom stereocenters. The highest BCUT2D eigenvalue weighted by Gasteiger charge is 2.12. The van der Waals surface area contributed by atoms with Gasteiger partial charge in [0.2, 0.25) is 0 Å². The molecule has 0 aliphatic carbocycles. The average Bonchev–Trinajstić information content (AvgIpc) is 2.70. The number of nitrogens with two attached hydrogens (primary N) is 1. The molecule has 3 N–H and O–H groups in total. The number of carbonyl (C=O) groups is 1. The predicted molar refractivity (Wildman–Crippen MR) is 57.9 cm³/mol. The second-order valence-electron chi connectivity index (χ2n) is 3.31. The molecule has 0 saturated heterocycles. The van der Waals surface area contributed by atoms with Gasteiger partial charge in [-0.25, -0.2) is 0 Å². The van der Waals surface area contributed by atoms with Crippen LogP contribution in [0.15, 0.2) is 24.5 Å². The Hall–Kier alpha value is -1.33. The van der Waals surface area contributed by atoms with Crippen LogP contribution in [0.4, 0.5) is 0 Å². The van der Waals surface area contributed by atoms with Gasteiger partial charge in [-0.05, 0) is 25.0 Å². The smallest absolute Gasteiger partial charge is 0.255 e. The topological polar surface area (TPSA) is 69.3 Å². The predicted octanol–water partition coefficient (Wildman–Crippen LogP) is 0.312. The van der Waals surface area contributed by atoms with E-state index in [2.05, 4.69) is 5.43 Å². The third-order valence-corrected chi connectivity index (χ3v) is 2.04. The molecule has 0 fully saturated rings. The van der Waals surface area contributed by atoms with Crippen LogP contribution in [0, 0.1) is 0 Å². The van der Waals surface area contributed by atoms with E-state index in [1.807, 2.05) is 12.1 Å². The van der Waals surface area contributed by atoms with Crippen molar-refractivity contribution in [2.45, 2.75) is 18.9 Å². The number of hydrogen-bond acceptors (Lipinski definition) is 3. The number of rotatable bonds is 6. The number of nitrogens with one attached hydrogen (secondary N) is 1. The molecule has 84 valence electrons. The minimum absolute atomic E-state index is 0.178. The summed E-state index contributed by atoms with van der Waals surface area (Å²) >= 11 is 0. The first-order valence-electron chi connectivity index (χ1n) is 4.92. The van der Waals surface area contributed by atoms with Gasteiger partial charge in [0.1, 0.15) is 0 Å². The average molecular weight is 211 g/mol. The first kappa shape index (κ1) is 11.7. The van der Waals surface area contributed by atoms with Crippen molar-refractivity contribution in [3.05, 3.63) is 24.5 Å². The first-order valence-corrected chi connectivity index (χ1v) is 4.92. The van der Waals surface area contributed by atoms with Crippen LogP contribution in [-0.4, -0.2) is 30.3 Å². The molecule has 1 amide bonds. The molecule has 0 aliphatic rings. The molecule has 5 heteroatoms. The Labute approximate surface area is 89.2 Å². The second-order valence-corrected chi connectivity index (χ2v) is 3.31. The maximum Gasteiger partial charge on any atom is 0.255 e. The Morgan fingerprint density at radius 3 is 2.80 bits per heavy atom. The van der Waals surface area contributed by atoms with Gasteiger partial charge in [0, 0.05) is 26.1 Å². The Bertz CT molecular complexity index is 285. The number of ether oxygens (including phenoxy) is 1. The van der Waals surface area contributed by atoms with Crippen LogP contribution in [0.3, 0.4) is 0 Å². The van der Waals surface area contributed by atoms with Gasteiger partial charge >= 0.3 is 0 Å². The van der Waals surface area contributed by atoms with Gasteiger partial charge < -0.3 is 10.5 Å². The van der Waals surface area contributed by atoms with Crippen molar-refractivity contribution >= 4 is 5.91 Å². The third kappa shape index (κ3) is 4.14. The summed E-state index contributed by atoms with van der Waals surface area (Å²) in [5, 5.41) is 0. The number of carbonyl (C=O) groups excluding carboxylic acids is 1. The molecule has 0 saturated carbocycles. The fourth-order valence-corrected chi connectivity index (χ4v) is 1.20. The van der Waals surface area contributed by atoms with Crippen molar-refractivity contribution < 1.29 is 9.53 Å². The highest BCUT2D eigenvalue weighted by molar-refractivity contribution is 5.88. The largest absolute Gasteiger partial charge is 0.385 e. The van der Waals surface area contributed by atoms with E-state index in [0.717, 1.165) is 6.42 Å². The van der Waals surface area contributed by atoms with E-state index in [-0.39, 0.29) is 5.91 Å². The van der Waals surface area contributed by atoms with E-state index in [1.54, 1.807) is 24.2 Å². The van der Waals surface area contributed by atoms with Crippen LogP contribution in [0.1, 0.15) is 12.8 Å². The van der Waals surface area contributed by atoms with Gasteiger partial charge in [-0.2, -0.15) is 0 Å². The van der Waals surface area contributed by atoms with Gasteiger partial charge in [-0.3, -0.25) is 14.9 Å². The van der Waals surface area contributed by atoms with E-state index in [9.17, 15) is 4.79 Å². The van der Waals surface area contributed by atoms with Gasteiger partial charge in [0.05, 0.1) is 6.04 Å². The minimum Gasteiger partial charge on any atom is -0.385 e. The quantitative estimate of drug-likeness (QED) is 0.665. The Balaban J connectivity index is 2.27. The molecule has 1 aromatic heterocycles. The zero-order valence-electron chi connectivity index (χ0n) is 8.85. The summed E-state index contributed by atoms with van der Waals surface area (Å²) in [5.74, 6) is -0.178. The van der Waals surface area contributed by atoms with Crippen molar-refractivity contribution in [1.82, 2.24) is 4.68 Å². The van der Waals surface area contributed by atoms with E-state index >= 15 is 0 Å². The van der Waals surface area contributed by atoms with E-state index in [4.69, 9.17) is 10.5 Å². The van der Waals surface area contributed by atoms with Crippen LogP contribution < -0.4 is 11.2 Å². The molecule has 5 nitrogen and oxygen atoms in total. The Morgan fingerprint density at radius 2 is 2.20 bits per heavy atom. The highest BCUT2D eigenvalue weighted by atomic mass is 16.5. The molecule has 1 aromatic rings. The number of amides is 1. The van der Waals surface area contributed by atoms with Crippen molar-refractivity contribution in [2.24, 2.45) is 5.73 Å². The third-order valence-electron chi connectivity index (χ3n) is 2.04. The number of aromatic nitrogens is 1. The lowest BCUT2D eigenvalue weighted by Crippen LogP contribution is -2.39. The summed E-state index contributed by atoms with van der Waals surface area (Å²) in [6.45, 7) is 0.629. The number of methoxy groups -OCH3 is 1.